The molecule has 0 saturated heterocycles. The van der Waals surface area contributed by atoms with Gasteiger partial charge in [0.2, 0.25) is 0 Å². The van der Waals surface area contributed by atoms with Crippen molar-refractivity contribution in [2.75, 3.05) is 6.61 Å². The first-order valence-electron chi connectivity index (χ1n) is 7.22. The summed E-state index contributed by atoms with van der Waals surface area (Å²) in [6.07, 6.45) is 5.03. The van der Waals surface area contributed by atoms with Gasteiger partial charge < -0.3 is 4.74 Å². The molecule has 19 heavy (non-hydrogen) atoms. The number of benzene rings is 1. The summed E-state index contributed by atoms with van der Waals surface area (Å²) in [5.41, 5.74) is 0.661. The van der Waals surface area contributed by atoms with Gasteiger partial charge in [-0.1, -0.05) is 52.2 Å². The molecule has 0 aliphatic carbocycles. The molecule has 0 aliphatic rings. The lowest BCUT2D eigenvalue weighted by molar-refractivity contribution is 0.276. The number of nitrogens with zero attached hydrogens (tertiary/aromatic N) is 1. The van der Waals surface area contributed by atoms with E-state index in [1.54, 1.807) is 12.1 Å². The summed E-state index contributed by atoms with van der Waals surface area (Å²) in [5, 5.41) is 0. The Kier molecular flexibility index (Phi) is 7.03. The van der Waals surface area contributed by atoms with Crippen LogP contribution in [0.25, 0.3) is 4.85 Å². The van der Waals surface area contributed by atoms with E-state index < -0.39 is 0 Å². The standard InChI is InChI=1S/C17H25NO/c1-14(2)6-5-7-15(3)12-13-19-17-10-8-16(18-4)9-11-17/h8-11,14-15H,5-7,12-13H2,1-3H3/t15-/m0/s1. The van der Waals surface area contributed by atoms with Gasteiger partial charge in [-0.2, -0.15) is 0 Å². The van der Waals surface area contributed by atoms with Crippen LogP contribution in [0.5, 0.6) is 5.75 Å². The number of hydrogen-bond donors (Lipinski definition) is 0. The Morgan fingerprint density at radius 3 is 2.32 bits per heavy atom. The van der Waals surface area contributed by atoms with Crippen molar-refractivity contribution < 1.29 is 4.74 Å². The van der Waals surface area contributed by atoms with Crippen LogP contribution in [0.15, 0.2) is 24.3 Å². The minimum absolute atomic E-state index is 0.661. The van der Waals surface area contributed by atoms with Crippen molar-refractivity contribution in [2.45, 2.75) is 46.5 Å². The fourth-order valence-corrected chi connectivity index (χ4v) is 2.01. The van der Waals surface area contributed by atoms with E-state index in [2.05, 4.69) is 25.6 Å². The Morgan fingerprint density at radius 1 is 1.05 bits per heavy atom. The second kappa shape index (κ2) is 8.58. The van der Waals surface area contributed by atoms with Crippen LogP contribution in [-0.2, 0) is 0 Å². The summed E-state index contributed by atoms with van der Waals surface area (Å²) >= 11 is 0. The molecule has 104 valence electrons. The van der Waals surface area contributed by atoms with E-state index in [-0.39, 0.29) is 0 Å². The van der Waals surface area contributed by atoms with Crippen LogP contribution in [0, 0.1) is 18.4 Å². The summed E-state index contributed by atoms with van der Waals surface area (Å²) in [6.45, 7) is 14.5. The van der Waals surface area contributed by atoms with E-state index in [1.807, 2.05) is 12.1 Å². The van der Waals surface area contributed by atoms with Gasteiger partial charge in [-0.15, -0.1) is 0 Å². The molecular formula is C17H25NO. The molecule has 1 aromatic rings. The number of rotatable bonds is 8. The SMILES string of the molecule is [C-]#[N+]c1ccc(OCC[C@@H](C)CCCC(C)C)cc1. The van der Waals surface area contributed by atoms with Gasteiger partial charge >= 0.3 is 0 Å². The molecule has 0 aliphatic heterocycles. The molecular weight excluding hydrogens is 234 g/mol. The molecule has 1 atom stereocenters. The summed E-state index contributed by atoms with van der Waals surface area (Å²) in [7, 11) is 0. The molecule has 0 bridgehead atoms. The summed E-state index contributed by atoms with van der Waals surface area (Å²) in [6, 6.07) is 7.34. The maximum absolute atomic E-state index is 6.89. The van der Waals surface area contributed by atoms with E-state index in [0.717, 1.165) is 30.6 Å². The highest BCUT2D eigenvalue weighted by atomic mass is 16.5. The van der Waals surface area contributed by atoms with Gasteiger partial charge in [-0.05, 0) is 30.4 Å². The highest BCUT2D eigenvalue weighted by Crippen LogP contribution is 2.19. The molecule has 0 N–H and O–H groups in total. The Morgan fingerprint density at radius 2 is 1.74 bits per heavy atom. The van der Waals surface area contributed by atoms with Gasteiger partial charge in [0.25, 0.3) is 0 Å². The Bertz CT molecular complexity index is 389. The first-order chi connectivity index (χ1) is 9.11. The Labute approximate surface area is 117 Å². The van der Waals surface area contributed by atoms with Crippen molar-refractivity contribution in [3.8, 4) is 5.75 Å². The van der Waals surface area contributed by atoms with Crippen molar-refractivity contribution in [3.63, 3.8) is 0 Å². The van der Waals surface area contributed by atoms with Gasteiger partial charge in [0.05, 0.1) is 13.2 Å². The normalized spacial score (nSPS) is 12.2. The molecule has 1 rings (SSSR count). The van der Waals surface area contributed by atoms with Crippen LogP contribution in [0.1, 0.15) is 46.5 Å². The average Bonchev–Trinajstić information content (AvgIpc) is 2.39. The van der Waals surface area contributed by atoms with Crippen molar-refractivity contribution in [1.82, 2.24) is 0 Å². The largest absolute Gasteiger partial charge is 0.494 e. The van der Waals surface area contributed by atoms with Gasteiger partial charge in [-0.3, -0.25) is 0 Å². The molecule has 0 saturated carbocycles. The van der Waals surface area contributed by atoms with E-state index in [0.29, 0.717) is 5.69 Å². The third-order valence-electron chi connectivity index (χ3n) is 3.32. The molecule has 0 radical (unpaired) electrons. The zero-order valence-corrected chi connectivity index (χ0v) is 12.4. The zero-order chi connectivity index (χ0) is 14.1. The van der Waals surface area contributed by atoms with E-state index in [4.69, 9.17) is 11.3 Å². The molecule has 2 heteroatoms. The quantitative estimate of drug-likeness (QED) is 0.564. The highest BCUT2D eigenvalue weighted by Gasteiger charge is 2.04. The minimum Gasteiger partial charge on any atom is -0.494 e. The van der Waals surface area contributed by atoms with Gasteiger partial charge in [0.1, 0.15) is 5.75 Å². The lowest BCUT2D eigenvalue weighted by Crippen LogP contribution is -2.04. The molecule has 2 nitrogen and oxygen atoms in total. The first-order valence-corrected chi connectivity index (χ1v) is 7.22. The molecule has 0 fully saturated rings. The van der Waals surface area contributed by atoms with E-state index in [9.17, 15) is 0 Å². The van der Waals surface area contributed by atoms with Crippen LogP contribution in [0.4, 0.5) is 5.69 Å². The topological polar surface area (TPSA) is 13.6 Å². The van der Waals surface area contributed by atoms with Gasteiger partial charge in [0.15, 0.2) is 5.69 Å². The Hall–Kier alpha value is -1.49. The molecule has 0 aromatic heterocycles. The van der Waals surface area contributed by atoms with E-state index >= 15 is 0 Å². The van der Waals surface area contributed by atoms with Crippen molar-refractivity contribution >= 4 is 5.69 Å². The maximum Gasteiger partial charge on any atom is 0.187 e. The molecule has 0 unspecified atom stereocenters. The molecule has 0 heterocycles. The average molecular weight is 259 g/mol. The van der Waals surface area contributed by atoms with Gasteiger partial charge in [-0.25, -0.2) is 4.85 Å². The molecule has 1 aromatic carbocycles. The summed E-state index contributed by atoms with van der Waals surface area (Å²) < 4.78 is 5.70. The molecule has 0 spiro atoms. The lowest BCUT2D eigenvalue weighted by Gasteiger charge is -2.13. The number of ether oxygens (including phenoxy) is 1. The maximum atomic E-state index is 6.89. The van der Waals surface area contributed by atoms with E-state index in [1.165, 1.54) is 19.3 Å². The molecule has 0 amide bonds. The monoisotopic (exact) mass is 259 g/mol. The van der Waals surface area contributed by atoms with Crippen LogP contribution < -0.4 is 4.74 Å². The smallest absolute Gasteiger partial charge is 0.187 e. The third-order valence-corrected chi connectivity index (χ3v) is 3.32. The minimum atomic E-state index is 0.661. The first kappa shape index (κ1) is 15.6. The predicted octanol–water partition coefficient (Wildman–Crippen LogP) is 5.47. The number of hydrogen-bond acceptors (Lipinski definition) is 1. The Balaban J connectivity index is 2.17. The second-order valence-electron chi connectivity index (χ2n) is 5.67. The second-order valence-corrected chi connectivity index (χ2v) is 5.67. The zero-order valence-electron chi connectivity index (χ0n) is 12.4. The van der Waals surface area contributed by atoms with Crippen molar-refractivity contribution in [2.24, 2.45) is 11.8 Å². The van der Waals surface area contributed by atoms with Crippen molar-refractivity contribution in [1.29, 1.82) is 0 Å². The van der Waals surface area contributed by atoms with Crippen molar-refractivity contribution in [3.05, 3.63) is 35.7 Å². The summed E-state index contributed by atoms with van der Waals surface area (Å²) in [5.74, 6) is 2.40. The van der Waals surface area contributed by atoms with Crippen LogP contribution >= 0.6 is 0 Å². The summed E-state index contributed by atoms with van der Waals surface area (Å²) in [4.78, 5) is 3.36. The predicted molar refractivity (Wildman–Crippen MR) is 80.7 cm³/mol. The lowest BCUT2D eigenvalue weighted by atomic mass is 9.98. The fourth-order valence-electron chi connectivity index (χ4n) is 2.01. The fraction of sp³-hybridized carbons (Fsp3) is 0.588. The van der Waals surface area contributed by atoms with Gasteiger partial charge in [0, 0.05) is 0 Å². The van der Waals surface area contributed by atoms with Crippen LogP contribution in [0.3, 0.4) is 0 Å². The highest BCUT2D eigenvalue weighted by molar-refractivity contribution is 5.46. The van der Waals surface area contributed by atoms with Crippen LogP contribution in [0.2, 0.25) is 0 Å². The van der Waals surface area contributed by atoms with Crippen LogP contribution in [-0.4, -0.2) is 6.61 Å². The third kappa shape index (κ3) is 6.86.